The number of nitrogens with two attached hydrogens (primary N) is 1. The highest BCUT2D eigenvalue weighted by Gasteiger charge is 2.14. The van der Waals surface area contributed by atoms with Gasteiger partial charge in [-0.15, -0.1) is 0 Å². The number of imidazole rings is 1. The summed E-state index contributed by atoms with van der Waals surface area (Å²) in [5.74, 6) is 0.444. The average molecular weight is 230 g/mol. The summed E-state index contributed by atoms with van der Waals surface area (Å²) in [5.41, 5.74) is 8.15. The van der Waals surface area contributed by atoms with E-state index in [-0.39, 0.29) is 6.04 Å². The summed E-state index contributed by atoms with van der Waals surface area (Å²) in [4.78, 5) is 4.27. The Labute approximate surface area is 99.4 Å². The summed E-state index contributed by atoms with van der Waals surface area (Å²) in [5, 5.41) is 8.90. The highest BCUT2D eigenvalue weighted by atomic mass is 16.5. The molecule has 2 rings (SSSR count). The van der Waals surface area contributed by atoms with Crippen molar-refractivity contribution in [3.8, 4) is 6.07 Å². The van der Waals surface area contributed by atoms with E-state index in [1.54, 1.807) is 25.3 Å². The van der Waals surface area contributed by atoms with Crippen LogP contribution in [0.25, 0.3) is 11.0 Å². The molecule has 0 saturated heterocycles. The fraction of sp³-hybridized carbons (Fsp3) is 0.333. The van der Waals surface area contributed by atoms with E-state index in [4.69, 9.17) is 15.7 Å². The second kappa shape index (κ2) is 4.44. The minimum absolute atomic E-state index is 0.0824. The van der Waals surface area contributed by atoms with Crippen LogP contribution in [0.5, 0.6) is 0 Å². The molecular weight excluding hydrogens is 216 g/mol. The molecule has 0 bridgehead atoms. The third kappa shape index (κ3) is 1.95. The van der Waals surface area contributed by atoms with Crippen LogP contribution in [0.15, 0.2) is 18.2 Å². The van der Waals surface area contributed by atoms with Crippen molar-refractivity contribution >= 4 is 17.0 Å². The molecule has 88 valence electrons. The van der Waals surface area contributed by atoms with E-state index >= 15 is 0 Å². The van der Waals surface area contributed by atoms with Gasteiger partial charge in [0, 0.05) is 7.11 Å². The van der Waals surface area contributed by atoms with Crippen molar-refractivity contribution in [3.63, 3.8) is 0 Å². The van der Waals surface area contributed by atoms with Gasteiger partial charge < -0.3 is 15.0 Å². The number of ether oxygens (including phenoxy) is 1. The zero-order chi connectivity index (χ0) is 12.4. The molecule has 0 fully saturated rings. The maximum atomic E-state index is 8.90. The molecule has 1 atom stereocenters. The van der Waals surface area contributed by atoms with Crippen LogP contribution in [0.2, 0.25) is 0 Å². The maximum absolute atomic E-state index is 8.90. The van der Waals surface area contributed by atoms with Crippen molar-refractivity contribution < 1.29 is 4.74 Å². The third-order valence-electron chi connectivity index (χ3n) is 2.69. The van der Waals surface area contributed by atoms with E-state index < -0.39 is 0 Å². The average Bonchev–Trinajstić information content (AvgIpc) is 2.64. The van der Waals surface area contributed by atoms with Gasteiger partial charge in [0.1, 0.15) is 0 Å². The van der Waals surface area contributed by atoms with Gasteiger partial charge in [0.25, 0.3) is 0 Å². The molecule has 5 heteroatoms. The zero-order valence-corrected chi connectivity index (χ0v) is 9.84. The van der Waals surface area contributed by atoms with Crippen LogP contribution >= 0.6 is 0 Å². The Morgan fingerprint density at radius 1 is 1.59 bits per heavy atom. The number of nitrogens with zero attached hydrogens (tertiary/aromatic N) is 3. The number of nitriles is 1. The van der Waals surface area contributed by atoms with Gasteiger partial charge >= 0.3 is 0 Å². The van der Waals surface area contributed by atoms with Gasteiger partial charge in [-0.25, -0.2) is 4.98 Å². The van der Waals surface area contributed by atoms with Gasteiger partial charge in [-0.2, -0.15) is 5.26 Å². The number of methoxy groups -OCH3 is 1. The fourth-order valence-corrected chi connectivity index (χ4v) is 1.96. The summed E-state index contributed by atoms with van der Waals surface area (Å²) in [7, 11) is 1.65. The molecule has 17 heavy (non-hydrogen) atoms. The minimum Gasteiger partial charge on any atom is -0.383 e. The molecule has 0 aliphatic heterocycles. The Bertz CT molecular complexity index is 582. The molecule has 0 saturated carbocycles. The molecule has 0 aliphatic rings. The minimum atomic E-state index is 0.0824. The van der Waals surface area contributed by atoms with Crippen LogP contribution in [-0.4, -0.2) is 23.3 Å². The molecule has 1 unspecified atom stereocenters. The van der Waals surface area contributed by atoms with Crippen LogP contribution < -0.4 is 5.73 Å². The Morgan fingerprint density at radius 2 is 2.35 bits per heavy atom. The van der Waals surface area contributed by atoms with E-state index in [0.717, 1.165) is 11.0 Å². The Kier molecular flexibility index (Phi) is 2.98. The molecule has 2 N–H and O–H groups in total. The SMILES string of the molecule is COCC(C)n1c(N)nc2ccc(C#N)cc21. The summed E-state index contributed by atoms with van der Waals surface area (Å²) >= 11 is 0. The lowest BCUT2D eigenvalue weighted by Gasteiger charge is -2.14. The lowest BCUT2D eigenvalue weighted by molar-refractivity contribution is 0.164. The first kappa shape index (κ1) is 11.4. The van der Waals surface area contributed by atoms with Gasteiger partial charge in [0.2, 0.25) is 5.95 Å². The van der Waals surface area contributed by atoms with E-state index in [9.17, 15) is 0 Å². The standard InChI is InChI=1S/C12H14N4O/c1-8(7-17-2)16-11-5-9(6-13)3-4-10(11)15-12(16)14/h3-5,8H,7H2,1-2H3,(H2,14,15). The van der Waals surface area contributed by atoms with Crippen molar-refractivity contribution in [2.45, 2.75) is 13.0 Å². The second-order valence-electron chi connectivity index (χ2n) is 3.96. The Balaban J connectivity index is 2.60. The Morgan fingerprint density at radius 3 is 3.00 bits per heavy atom. The summed E-state index contributed by atoms with van der Waals surface area (Å²) in [6, 6.07) is 7.53. The van der Waals surface area contributed by atoms with Crippen molar-refractivity contribution in [2.75, 3.05) is 19.5 Å². The summed E-state index contributed by atoms with van der Waals surface area (Å²) in [6.07, 6.45) is 0. The molecule has 0 amide bonds. The molecule has 5 nitrogen and oxygen atoms in total. The predicted molar refractivity (Wildman–Crippen MR) is 65.4 cm³/mol. The number of rotatable bonds is 3. The van der Waals surface area contributed by atoms with E-state index in [1.165, 1.54) is 0 Å². The first-order chi connectivity index (χ1) is 8.17. The highest BCUT2D eigenvalue weighted by molar-refractivity contribution is 5.80. The number of hydrogen-bond acceptors (Lipinski definition) is 4. The molecule has 1 heterocycles. The van der Waals surface area contributed by atoms with Crippen molar-refractivity contribution in [3.05, 3.63) is 23.8 Å². The van der Waals surface area contributed by atoms with E-state index in [0.29, 0.717) is 18.1 Å². The van der Waals surface area contributed by atoms with Crippen molar-refractivity contribution in [1.82, 2.24) is 9.55 Å². The molecule has 0 radical (unpaired) electrons. The number of nitrogen functional groups attached to an aromatic ring is 1. The van der Waals surface area contributed by atoms with Crippen molar-refractivity contribution in [2.24, 2.45) is 0 Å². The summed E-state index contributed by atoms with van der Waals surface area (Å²) < 4.78 is 7.01. The van der Waals surface area contributed by atoms with Crippen LogP contribution in [0.1, 0.15) is 18.5 Å². The topological polar surface area (TPSA) is 76.9 Å². The van der Waals surface area contributed by atoms with E-state index in [2.05, 4.69) is 11.1 Å². The molecule has 0 spiro atoms. The van der Waals surface area contributed by atoms with Crippen LogP contribution in [0.3, 0.4) is 0 Å². The largest absolute Gasteiger partial charge is 0.383 e. The van der Waals surface area contributed by atoms with Gasteiger partial charge in [0.15, 0.2) is 0 Å². The lowest BCUT2D eigenvalue weighted by atomic mass is 10.2. The number of hydrogen-bond donors (Lipinski definition) is 1. The molecule has 0 aliphatic carbocycles. The predicted octanol–water partition coefficient (Wildman–Crippen LogP) is 1.70. The molecule has 2 aromatic rings. The van der Waals surface area contributed by atoms with Crippen molar-refractivity contribution in [1.29, 1.82) is 5.26 Å². The van der Waals surface area contributed by atoms with E-state index in [1.807, 2.05) is 11.5 Å². The maximum Gasteiger partial charge on any atom is 0.201 e. The first-order valence-electron chi connectivity index (χ1n) is 5.34. The van der Waals surface area contributed by atoms with Crippen LogP contribution in [0, 0.1) is 11.3 Å². The number of fused-ring (bicyclic) bond motifs is 1. The molecule has 1 aromatic heterocycles. The first-order valence-corrected chi connectivity index (χ1v) is 5.34. The molecular formula is C12H14N4O. The van der Waals surface area contributed by atoms with Gasteiger partial charge in [-0.1, -0.05) is 0 Å². The quantitative estimate of drug-likeness (QED) is 0.870. The monoisotopic (exact) mass is 230 g/mol. The van der Waals surface area contributed by atoms with Gasteiger partial charge in [0.05, 0.1) is 35.3 Å². The van der Waals surface area contributed by atoms with Crippen LogP contribution in [0.4, 0.5) is 5.95 Å². The summed E-state index contributed by atoms with van der Waals surface area (Å²) in [6.45, 7) is 2.55. The second-order valence-corrected chi connectivity index (χ2v) is 3.96. The third-order valence-corrected chi connectivity index (χ3v) is 2.69. The lowest BCUT2D eigenvalue weighted by Crippen LogP contribution is -2.13. The fourth-order valence-electron chi connectivity index (χ4n) is 1.96. The zero-order valence-electron chi connectivity index (χ0n) is 9.84. The number of anilines is 1. The normalized spacial score (nSPS) is 12.5. The van der Waals surface area contributed by atoms with Gasteiger partial charge in [-0.3, -0.25) is 0 Å². The molecule has 1 aromatic carbocycles. The number of aromatic nitrogens is 2. The van der Waals surface area contributed by atoms with Crippen LogP contribution in [-0.2, 0) is 4.74 Å². The van der Waals surface area contributed by atoms with Gasteiger partial charge in [-0.05, 0) is 25.1 Å². The highest BCUT2D eigenvalue weighted by Crippen LogP contribution is 2.23. The number of benzene rings is 1. The smallest absolute Gasteiger partial charge is 0.201 e. The Hall–Kier alpha value is -2.06.